The van der Waals surface area contributed by atoms with E-state index in [0.717, 1.165) is 28.1 Å². The van der Waals surface area contributed by atoms with Crippen molar-refractivity contribution >= 4 is 6.08 Å². The van der Waals surface area contributed by atoms with E-state index in [9.17, 15) is 23.4 Å². The number of aliphatic hydroxyl groups is 2. The number of nitrogens with zero attached hydrogens (tertiary/aromatic N) is 2. The molecule has 2 unspecified atom stereocenters. The zero-order valence-corrected chi connectivity index (χ0v) is 16.6. The zero-order valence-electron chi connectivity index (χ0n) is 16.6. The third-order valence-corrected chi connectivity index (χ3v) is 6.12. The van der Waals surface area contributed by atoms with E-state index >= 15 is 0 Å². The van der Waals surface area contributed by atoms with Gasteiger partial charge in [-0.25, -0.2) is 0 Å². The molecule has 7 heteroatoms. The average molecular weight is 394 g/mol. The molecule has 152 valence electrons. The number of aliphatic hydroxyl groups excluding tert-OH is 1. The molecule has 0 aromatic carbocycles. The summed E-state index contributed by atoms with van der Waals surface area (Å²) in [5.41, 5.74) is 4.52. The quantitative estimate of drug-likeness (QED) is 0.763. The molecular formula is C21H25F3N2O2. The van der Waals surface area contributed by atoms with Gasteiger partial charge in [-0.2, -0.15) is 13.2 Å². The molecule has 0 bridgehead atoms. The Morgan fingerprint density at radius 1 is 1.18 bits per heavy atom. The maximum Gasteiger partial charge on any atom is 0.413 e. The second kappa shape index (κ2) is 7.04. The molecule has 0 saturated heterocycles. The van der Waals surface area contributed by atoms with E-state index in [1.54, 1.807) is 25.5 Å². The predicted octanol–water partition coefficient (Wildman–Crippen LogP) is 4.31. The molecule has 1 aliphatic rings. The summed E-state index contributed by atoms with van der Waals surface area (Å²) in [6.07, 6.45) is -2.82. The Morgan fingerprint density at radius 3 is 2.39 bits per heavy atom. The summed E-state index contributed by atoms with van der Waals surface area (Å²) in [7, 11) is 1.77. The number of aryl methyl sites for hydroxylation is 1. The van der Waals surface area contributed by atoms with Crippen molar-refractivity contribution < 1.29 is 23.4 Å². The van der Waals surface area contributed by atoms with Crippen LogP contribution in [-0.2, 0) is 13.5 Å². The summed E-state index contributed by atoms with van der Waals surface area (Å²) < 4.78 is 42.1. The first kappa shape index (κ1) is 20.6. The molecule has 2 N–H and O–H groups in total. The molecule has 2 aromatic heterocycles. The number of halogens is 3. The minimum atomic E-state index is -4.35. The highest BCUT2D eigenvalue weighted by atomic mass is 19.4. The Labute approximate surface area is 162 Å². The minimum Gasteiger partial charge on any atom is -0.364 e. The molecule has 0 aliphatic heterocycles. The maximum atomic E-state index is 13.4. The third kappa shape index (κ3) is 3.37. The second-order valence-electron chi connectivity index (χ2n) is 7.66. The number of hydrogen-bond donors (Lipinski definition) is 2. The fourth-order valence-electron chi connectivity index (χ4n) is 4.06. The van der Waals surface area contributed by atoms with Gasteiger partial charge in [-0.05, 0) is 54.5 Å². The van der Waals surface area contributed by atoms with Gasteiger partial charge in [0.05, 0.1) is 0 Å². The lowest BCUT2D eigenvalue weighted by Gasteiger charge is -2.29. The topological polar surface area (TPSA) is 58.3 Å². The largest absolute Gasteiger partial charge is 0.413 e. The molecule has 0 fully saturated rings. The highest BCUT2D eigenvalue weighted by molar-refractivity contribution is 5.62. The number of pyridine rings is 1. The van der Waals surface area contributed by atoms with E-state index < -0.39 is 24.0 Å². The van der Waals surface area contributed by atoms with Gasteiger partial charge >= 0.3 is 6.18 Å². The summed E-state index contributed by atoms with van der Waals surface area (Å²) in [6, 6.07) is 1.96. The normalized spacial score (nSPS) is 19.8. The molecule has 28 heavy (non-hydrogen) atoms. The SMILES string of the molecule is Cc1ncc(C(O)O)c(C)c1Cc1cc2c(n1C)C=C(C(F)(F)F)C(C)C2C. The van der Waals surface area contributed by atoms with Gasteiger partial charge in [-0.1, -0.05) is 13.8 Å². The first-order valence-corrected chi connectivity index (χ1v) is 9.21. The van der Waals surface area contributed by atoms with Gasteiger partial charge in [0.1, 0.15) is 0 Å². The number of hydrogen-bond acceptors (Lipinski definition) is 3. The number of allylic oxidation sites excluding steroid dienone is 1. The van der Waals surface area contributed by atoms with Gasteiger partial charge < -0.3 is 14.8 Å². The fraction of sp³-hybridized carbons (Fsp3) is 0.476. The van der Waals surface area contributed by atoms with E-state index in [-0.39, 0.29) is 5.92 Å². The second-order valence-corrected chi connectivity index (χ2v) is 7.66. The van der Waals surface area contributed by atoms with E-state index in [0.29, 0.717) is 17.7 Å². The zero-order chi connectivity index (χ0) is 21.0. The monoisotopic (exact) mass is 394 g/mol. The molecule has 0 radical (unpaired) electrons. The fourth-order valence-corrected chi connectivity index (χ4v) is 4.06. The molecule has 0 spiro atoms. The lowest BCUT2D eigenvalue weighted by molar-refractivity contribution is -0.0984. The average Bonchev–Trinajstić information content (AvgIpc) is 2.89. The van der Waals surface area contributed by atoms with E-state index in [2.05, 4.69) is 4.98 Å². The van der Waals surface area contributed by atoms with E-state index in [4.69, 9.17) is 0 Å². The first-order valence-electron chi connectivity index (χ1n) is 9.21. The summed E-state index contributed by atoms with van der Waals surface area (Å²) >= 11 is 0. The predicted molar refractivity (Wildman–Crippen MR) is 101 cm³/mol. The van der Waals surface area contributed by atoms with Crippen LogP contribution in [0.25, 0.3) is 6.08 Å². The Hall–Kier alpha value is -2.12. The van der Waals surface area contributed by atoms with Gasteiger partial charge in [0, 0.05) is 47.9 Å². The van der Waals surface area contributed by atoms with Gasteiger partial charge in [0.15, 0.2) is 6.29 Å². The molecule has 1 aliphatic carbocycles. The van der Waals surface area contributed by atoms with Crippen molar-refractivity contribution in [3.63, 3.8) is 0 Å². The van der Waals surface area contributed by atoms with Crippen molar-refractivity contribution in [3.8, 4) is 0 Å². The molecule has 2 heterocycles. The number of fused-ring (bicyclic) bond motifs is 1. The van der Waals surface area contributed by atoms with Crippen molar-refractivity contribution in [2.75, 3.05) is 0 Å². The van der Waals surface area contributed by atoms with Crippen LogP contribution < -0.4 is 0 Å². The molecule has 0 amide bonds. The van der Waals surface area contributed by atoms with Crippen LogP contribution in [0.1, 0.15) is 65.4 Å². The van der Waals surface area contributed by atoms with Crippen molar-refractivity contribution in [1.82, 2.24) is 9.55 Å². The van der Waals surface area contributed by atoms with Gasteiger partial charge in [-0.3, -0.25) is 4.98 Å². The smallest absolute Gasteiger partial charge is 0.364 e. The van der Waals surface area contributed by atoms with Crippen molar-refractivity contribution in [2.45, 2.75) is 52.5 Å². The standard InChI is InChI=1S/C21H25F3N2O2/c1-10-11(2)18(21(22,23)24)8-19-16(10)7-14(26(19)5)6-15-12(3)17(20(27)28)9-25-13(15)4/h7-11,20,27-28H,6H2,1-5H3. The summed E-state index contributed by atoms with van der Waals surface area (Å²) in [5.74, 6) is -0.858. The lowest BCUT2D eigenvalue weighted by Crippen LogP contribution is -2.25. The van der Waals surface area contributed by atoms with Crippen LogP contribution in [-0.4, -0.2) is 25.9 Å². The highest BCUT2D eigenvalue weighted by Gasteiger charge is 2.42. The summed E-state index contributed by atoms with van der Waals surface area (Å²) in [4.78, 5) is 4.25. The Bertz CT molecular complexity index is 942. The summed E-state index contributed by atoms with van der Waals surface area (Å²) in [6.45, 7) is 7.08. The maximum absolute atomic E-state index is 13.4. The molecule has 2 aromatic rings. The van der Waals surface area contributed by atoms with Gasteiger partial charge in [-0.15, -0.1) is 0 Å². The van der Waals surface area contributed by atoms with Crippen molar-refractivity contribution in [2.24, 2.45) is 13.0 Å². The van der Waals surface area contributed by atoms with Crippen LogP contribution in [0.2, 0.25) is 0 Å². The number of alkyl halides is 3. The van der Waals surface area contributed by atoms with Gasteiger partial charge in [0.25, 0.3) is 0 Å². The number of aromatic nitrogens is 2. The Balaban J connectivity index is 2.09. The van der Waals surface area contributed by atoms with E-state index in [1.165, 1.54) is 12.3 Å². The third-order valence-electron chi connectivity index (χ3n) is 6.12. The van der Waals surface area contributed by atoms with Crippen LogP contribution in [0.3, 0.4) is 0 Å². The first-order chi connectivity index (χ1) is 12.9. The Morgan fingerprint density at radius 2 is 1.82 bits per heavy atom. The molecule has 2 atom stereocenters. The molecule has 0 saturated carbocycles. The Kier molecular flexibility index (Phi) is 5.18. The molecule has 3 rings (SSSR count). The number of rotatable bonds is 3. The highest BCUT2D eigenvalue weighted by Crippen LogP contribution is 2.45. The summed E-state index contributed by atoms with van der Waals surface area (Å²) in [5, 5.41) is 19.1. The van der Waals surface area contributed by atoms with Crippen LogP contribution in [0.15, 0.2) is 17.8 Å². The van der Waals surface area contributed by atoms with Crippen molar-refractivity contribution in [1.29, 1.82) is 0 Å². The van der Waals surface area contributed by atoms with Crippen LogP contribution in [0.4, 0.5) is 13.2 Å². The van der Waals surface area contributed by atoms with Crippen LogP contribution in [0, 0.1) is 19.8 Å². The molecular weight excluding hydrogens is 369 g/mol. The van der Waals surface area contributed by atoms with Crippen molar-refractivity contribution in [3.05, 3.63) is 57.2 Å². The molecule has 4 nitrogen and oxygen atoms in total. The van der Waals surface area contributed by atoms with Crippen LogP contribution in [0.5, 0.6) is 0 Å². The minimum absolute atomic E-state index is 0.248. The van der Waals surface area contributed by atoms with Gasteiger partial charge in [0.2, 0.25) is 0 Å². The van der Waals surface area contributed by atoms with Crippen LogP contribution >= 0.6 is 0 Å². The van der Waals surface area contributed by atoms with E-state index in [1.807, 2.05) is 19.9 Å². The lowest BCUT2D eigenvalue weighted by atomic mass is 9.79.